The summed E-state index contributed by atoms with van der Waals surface area (Å²) in [4.78, 5) is 16.4. The lowest BCUT2D eigenvalue weighted by molar-refractivity contribution is 0.0342. The van der Waals surface area contributed by atoms with Gasteiger partial charge in [-0.2, -0.15) is 0 Å². The summed E-state index contributed by atoms with van der Waals surface area (Å²) >= 11 is 0. The second kappa shape index (κ2) is 7.77. The number of carbonyl (C=O) groups excluding carboxylic acids is 1. The first kappa shape index (κ1) is 16.2. The summed E-state index contributed by atoms with van der Waals surface area (Å²) < 4.78 is 5.36. The van der Waals surface area contributed by atoms with Crippen molar-refractivity contribution in [3.63, 3.8) is 0 Å². The summed E-state index contributed by atoms with van der Waals surface area (Å²) in [7, 11) is 0. The monoisotopic (exact) mass is 319 g/mol. The van der Waals surface area contributed by atoms with Crippen molar-refractivity contribution in [2.45, 2.75) is 25.4 Å². The summed E-state index contributed by atoms with van der Waals surface area (Å²) in [5.41, 5.74) is 2.03. The van der Waals surface area contributed by atoms with Crippen LogP contribution >= 0.6 is 0 Å². The van der Waals surface area contributed by atoms with Crippen molar-refractivity contribution in [2.24, 2.45) is 0 Å². The largest absolute Gasteiger partial charge is 0.394 e. The van der Waals surface area contributed by atoms with Gasteiger partial charge in [-0.1, -0.05) is 12.1 Å². The number of hydrogen-bond acceptors (Lipinski definition) is 4. The molecule has 6 heteroatoms. The lowest BCUT2D eigenvalue weighted by Crippen LogP contribution is -2.40. The van der Waals surface area contributed by atoms with Gasteiger partial charge >= 0.3 is 6.03 Å². The minimum Gasteiger partial charge on any atom is -0.394 e. The van der Waals surface area contributed by atoms with E-state index in [0.717, 1.165) is 51.4 Å². The first-order chi connectivity index (χ1) is 11.3. The van der Waals surface area contributed by atoms with Crippen molar-refractivity contribution in [2.75, 3.05) is 44.8 Å². The summed E-state index contributed by atoms with van der Waals surface area (Å²) in [5.74, 6) is 0. The molecule has 2 saturated heterocycles. The number of benzene rings is 1. The van der Waals surface area contributed by atoms with E-state index in [4.69, 9.17) is 4.74 Å². The minimum atomic E-state index is -0.123. The third-order valence-electron chi connectivity index (χ3n) is 4.56. The average Bonchev–Trinajstić information content (AvgIpc) is 3.06. The first-order valence-electron chi connectivity index (χ1n) is 8.34. The molecular weight excluding hydrogens is 294 g/mol. The summed E-state index contributed by atoms with van der Waals surface area (Å²) in [5, 5.41) is 12.2. The Kier molecular flexibility index (Phi) is 5.48. The summed E-state index contributed by atoms with van der Waals surface area (Å²) in [6.45, 7) is 5.20. The molecule has 2 heterocycles. The number of likely N-dealkylation sites (tertiary alicyclic amines) is 1. The number of rotatable bonds is 4. The van der Waals surface area contributed by atoms with Crippen molar-refractivity contribution in [3.05, 3.63) is 29.8 Å². The lowest BCUT2D eigenvalue weighted by Gasteiger charge is -2.26. The van der Waals surface area contributed by atoms with Crippen LogP contribution < -0.4 is 5.32 Å². The Balaban J connectivity index is 1.53. The fraction of sp³-hybridized carbons (Fsp3) is 0.588. The van der Waals surface area contributed by atoms with E-state index in [1.54, 1.807) is 4.90 Å². The zero-order valence-corrected chi connectivity index (χ0v) is 13.4. The van der Waals surface area contributed by atoms with Gasteiger partial charge in [-0.15, -0.1) is 0 Å². The molecule has 0 aromatic heterocycles. The van der Waals surface area contributed by atoms with Crippen LogP contribution in [-0.2, 0) is 11.3 Å². The first-order valence-corrected chi connectivity index (χ1v) is 8.34. The minimum absolute atomic E-state index is 0.0336. The molecule has 0 spiro atoms. The van der Waals surface area contributed by atoms with Crippen LogP contribution in [0, 0.1) is 0 Å². The van der Waals surface area contributed by atoms with Gasteiger partial charge in [-0.05, 0) is 30.5 Å². The molecule has 2 aliphatic heterocycles. The highest BCUT2D eigenvalue weighted by molar-refractivity contribution is 5.89. The van der Waals surface area contributed by atoms with Crippen LogP contribution in [0.1, 0.15) is 18.4 Å². The topological polar surface area (TPSA) is 65.0 Å². The van der Waals surface area contributed by atoms with Gasteiger partial charge in [0, 0.05) is 31.9 Å². The lowest BCUT2D eigenvalue weighted by atomic mass is 10.2. The Morgan fingerprint density at radius 3 is 2.65 bits per heavy atom. The van der Waals surface area contributed by atoms with Crippen LogP contribution in [0.15, 0.2) is 24.3 Å². The van der Waals surface area contributed by atoms with Crippen LogP contribution in [0.5, 0.6) is 0 Å². The number of carbonyl (C=O) groups is 1. The van der Waals surface area contributed by atoms with E-state index < -0.39 is 0 Å². The number of hydrogen-bond donors (Lipinski definition) is 2. The second-order valence-electron chi connectivity index (χ2n) is 6.19. The van der Waals surface area contributed by atoms with Gasteiger partial charge in [-0.3, -0.25) is 4.90 Å². The van der Waals surface area contributed by atoms with Gasteiger partial charge in [0.05, 0.1) is 25.9 Å². The molecule has 0 saturated carbocycles. The molecule has 2 N–H and O–H groups in total. The Bertz CT molecular complexity index is 514. The number of anilines is 1. The van der Waals surface area contributed by atoms with Crippen LogP contribution in [0.25, 0.3) is 0 Å². The van der Waals surface area contributed by atoms with Crippen molar-refractivity contribution >= 4 is 11.7 Å². The molecule has 1 aromatic rings. The predicted octanol–water partition coefficient (Wildman–Crippen LogP) is 1.51. The molecule has 6 nitrogen and oxygen atoms in total. The van der Waals surface area contributed by atoms with Crippen molar-refractivity contribution in [1.82, 2.24) is 9.80 Å². The third kappa shape index (κ3) is 4.22. The molecule has 1 aromatic carbocycles. The number of ether oxygens (including phenoxy) is 1. The fourth-order valence-corrected chi connectivity index (χ4v) is 3.20. The molecule has 0 unspecified atom stereocenters. The zero-order valence-electron chi connectivity index (χ0n) is 13.4. The van der Waals surface area contributed by atoms with E-state index in [0.29, 0.717) is 6.54 Å². The molecular formula is C17H25N3O3. The molecule has 2 fully saturated rings. The zero-order chi connectivity index (χ0) is 16.1. The van der Waals surface area contributed by atoms with E-state index in [1.165, 1.54) is 5.56 Å². The number of aliphatic hydroxyl groups excluding tert-OH is 1. The summed E-state index contributed by atoms with van der Waals surface area (Å²) in [6, 6.07) is 7.82. The highest BCUT2D eigenvalue weighted by atomic mass is 16.5. The second-order valence-corrected chi connectivity index (χ2v) is 6.19. The maximum absolute atomic E-state index is 12.3. The van der Waals surface area contributed by atoms with Crippen LogP contribution in [-0.4, -0.2) is 66.4 Å². The molecule has 0 radical (unpaired) electrons. The van der Waals surface area contributed by atoms with Gasteiger partial charge < -0.3 is 20.1 Å². The van der Waals surface area contributed by atoms with Gasteiger partial charge in [-0.25, -0.2) is 4.79 Å². The third-order valence-corrected chi connectivity index (χ3v) is 4.56. The molecule has 23 heavy (non-hydrogen) atoms. The Hall–Kier alpha value is -1.63. The normalized spacial score (nSPS) is 22.3. The SMILES string of the molecule is O=C(Nc1ccc(CN2CCOCC2)cc1)N1CCC[C@H]1CO. The Labute approximate surface area is 137 Å². The highest BCUT2D eigenvalue weighted by Crippen LogP contribution is 2.19. The quantitative estimate of drug-likeness (QED) is 0.883. The number of aliphatic hydroxyl groups is 1. The number of nitrogens with one attached hydrogen (secondary N) is 1. The smallest absolute Gasteiger partial charge is 0.322 e. The van der Waals surface area contributed by atoms with Gasteiger partial charge in [0.25, 0.3) is 0 Å². The fourth-order valence-electron chi connectivity index (χ4n) is 3.20. The highest BCUT2D eigenvalue weighted by Gasteiger charge is 2.27. The van der Waals surface area contributed by atoms with Crippen molar-refractivity contribution in [3.8, 4) is 0 Å². The van der Waals surface area contributed by atoms with Gasteiger partial charge in [0.2, 0.25) is 0 Å². The standard InChI is InChI=1S/C17H25N3O3/c21-13-16-2-1-7-20(16)17(22)18-15-5-3-14(4-6-15)12-19-8-10-23-11-9-19/h3-6,16,21H,1-2,7-13H2,(H,18,22)/t16-/m0/s1. The van der Waals surface area contributed by atoms with Crippen LogP contribution in [0.2, 0.25) is 0 Å². The summed E-state index contributed by atoms with van der Waals surface area (Å²) in [6.07, 6.45) is 1.83. The van der Waals surface area contributed by atoms with Crippen LogP contribution in [0.3, 0.4) is 0 Å². The predicted molar refractivity (Wildman–Crippen MR) is 88.4 cm³/mol. The molecule has 126 valence electrons. The van der Waals surface area contributed by atoms with Gasteiger partial charge in [0.15, 0.2) is 0 Å². The molecule has 2 amide bonds. The maximum atomic E-state index is 12.3. The van der Waals surface area contributed by atoms with E-state index in [-0.39, 0.29) is 18.7 Å². The van der Waals surface area contributed by atoms with E-state index in [2.05, 4.69) is 22.3 Å². The molecule has 3 rings (SSSR count). The number of urea groups is 1. The number of nitrogens with zero attached hydrogens (tertiary/aromatic N) is 2. The van der Waals surface area contributed by atoms with E-state index >= 15 is 0 Å². The van der Waals surface area contributed by atoms with Crippen LogP contribution in [0.4, 0.5) is 10.5 Å². The number of amides is 2. The van der Waals surface area contributed by atoms with Crippen molar-refractivity contribution < 1.29 is 14.6 Å². The maximum Gasteiger partial charge on any atom is 0.322 e. The number of morpholine rings is 1. The molecule has 0 bridgehead atoms. The average molecular weight is 319 g/mol. The molecule has 0 aliphatic carbocycles. The van der Waals surface area contributed by atoms with Gasteiger partial charge in [0.1, 0.15) is 0 Å². The van der Waals surface area contributed by atoms with E-state index in [1.807, 2.05) is 12.1 Å². The van der Waals surface area contributed by atoms with E-state index in [9.17, 15) is 9.90 Å². The van der Waals surface area contributed by atoms with Crippen molar-refractivity contribution in [1.29, 1.82) is 0 Å². The Morgan fingerprint density at radius 1 is 1.22 bits per heavy atom. The molecule has 1 atom stereocenters. The molecule has 2 aliphatic rings. The Morgan fingerprint density at radius 2 is 1.96 bits per heavy atom.